The number of carbonyl (C=O) groups is 1. The molecule has 2 aliphatic rings. The molecule has 11 heteroatoms. The molecule has 6 rings (SSSR count). The van der Waals surface area contributed by atoms with Crippen molar-refractivity contribution in [2.45, 2.75) is 78.0 Å². The predicted molar refractivity (Wildman–Crippen MR) is 151 cm³/mol. The number of imidazole rings is 1. The monoisotopic (exact) mass is 561 g/mol. The molecule has 1 aliphatic carbocycles. The van der Waals surface area contributed by atoms with Crippen LogP contribution in [0, 0.1) is 18.6 Å². The first-order valence-corrected chi connectivity index (χ1v) is 14.0. The van der Waals surface area contributed by atoms with Gasteiger partial charge in [-0.25, -0.2) is 33.5 Å². The Balaban J connectivity index is 1.25. The summed E-state index contributed by atoms with van der Waals surface area (Å²) in [6.07, 6.45) is 5.56. The summed E-state index contributed by atoms with van der Waals surface area (Å²) in [6, 6.07) is 6.95. The number of nitrogens with one attached hydrogen (secondary N) is 1. The number of halogens is 2. The van der Waals surface area contributed by atoms with Crippen LogP contribution in [0.5, 0.6) is 0 Å². The van der Waals surface area contributed by atoms with Gasteiger partial charge in [0.25, 0.3) is 0 Å². The van der Waals surface area contributed by atoms with E-state index in [9.17, 15) is 4.79 Å². The minimum atomic E-state index is -0.654. The third-order valence-electron chi connectivity index (χ3n) is 7.57. The van der Waals surface area contributed by atoms with Gasteiger partial charge in [0.2, 0.25) is 5.95 Å². The summed E-state index contributed by atoms with van der Waals surface area (Å²) in [5, 5.41) is 3.05. The zero-order chi connectivity index (χ0) is 28.9. The fourth-order valence-electron chi connectivity index (χ4n) is 5.74. The molecule has 1 amide bonds. The van der Waals surface area contributed by atoms with Crippen LogP contribution in [0.3, 0.4) is 0 Å². The maximum absolute atomic E-state index is 15.2. The van der Waals surface area contributed by atoms with Crippen molar-refractivity contribution in [3.8, 4) is 11.3 Å². The molecule has 214 valence electrons. The second kappa shape index (κ2) is 10.4. The number of pyridine rings is 1. The normalized spacial score (nSPS) is 15.8. The van der Waals surface area contributed by atoms with E-state index in [0.29, 0.717) is 36.4 Å². The summed E-state index contributed by atoms with van der Waals surface area (Å²) in [5.74, 6) is 0.214. The molecule has 3 aromatic heterocycles. The Bertz CT molecular complexity index is 1640. The maximum atomic E-state index is 15.2. The van der Waals surface area contributed by atoms with E-state index in [1.54, 1.807) is 17.0 Å². The van der Waals surface area contributed by atoms with Crippen molar-refractivity contribution in [2.24, 2.45) is 0 Å². The standard InChI is InChI=1S/C30H33F2N7O2/c1-17-34-27-21(31)13-19(14-24(27)39(17)20-7-5-6-8-20)26-22(32)15-33-28(37-26)36-25-10-9-18-16-38(12-11-23(18)35-25)29(40)41-30(2,3)4/h9-10,13-15,20H,5-8,11-12,16H2,1-4H3,(H,33,35,36,37). The largest absolute Gasteiger partial charge is 0.444 e. The molecule has 0 bridgehead atoms. The SMILES string of the molecule is Cc1nc2c(F)cc(-c3nc(Nc4ccc5c(n4)CCN(C(=O)OC(C)(C)C)C5)ncc3F)cc2n1C1CCCC1. The molecule has 0 atom stereocenters. The molecule has 1 aliphatic heterocycles. The van der Waals surface area contributed by atoms with Crippen molar-refractivity contribution in [1.82, 2.24) is 29.4 Å². The number of anilines is 2. The highest BCUT2D eigenvalue weighted by molar-refractivity contribution is 5.83. The van der Waals surface area contributed by atoms with Crippen LogP contribution in [0.4, 0.5) is 25.3 Å². The second-order valence-electron chi connectivity index (χ2n) is 11.8. The third-order valence-corrected chi connectivity index (χ3v) is 7.57. The summed E-state index contributed by atoms with van der Waals surface area (Å²) < 4.78 is 37.8. The van der Waals surface area contributed by atoms with Gasteiger partial charge in [0.05, 0.1) is 18.3 Å². The molecular formula is C30H33F2N7O2. The molecule has 0 spiro atoms. The van der Waals surface area contributed by atoms with E-state index in [4.69, 9.17) is 4.74 Å². The quantitative estimate of drug-likeness (QED) is 0.299. The highest BCUT2D eigenvalue weighted by Gasteiger charge is 2.27. The number of amides is 1. The van der Waals surface area contributed by atoms with E-state index in [2.05, 4.69) is 29.8 Å². The Kier molecular flexibility index (Phi) is 6.83. The molecule has 4 heterocycles. The number of hydrogen-bond donors (Lipinski definition) is 1. The molecule has 1 fully saturated rings. The molecule has 1 N–H and O–H groups in total. The lowest BCUT2D eigenvalue weighted by Crippen LogP contribution is -2.40. The molecule has 41 heavy (non-hydrogen) atoms. The van der Waals surface area contributed by atoms with Crippen LogP contribution in [0.1, 0.15) is 69.6 Å². The van der Waals surface area contributed by atoms with Crippen LogP contribution in [0.2, 0.25) is 0 Å². The number of nitrogens with zero attached hydrogens (tertiary/aromatic N) is 6. The summed E-state index contributed by atoms with van der Waals surface area (Å²) in [5.41, 5.74) is 2.45. The van der Waals surface area contributed by atoms with Gasteiger partial charge in [-0.2, -0.15) is 0 Å². The highest BCUT2D eigenvalue weighted by Crippen LogP contribution is 2.36. The molecule has 1 aromatic carbocycles. The fourth-order valence-corrected chi connectivity index (χ4v) is 5.74. The zero-order valence-electron chi connectivity index (χ0n) is 23.7. The Hall–Kier alpha value is -4.15. The number of carbonyl (C=O) groups excluding carboxylic acids is 1. The number of aryl methyl sites for hydroxylation is 1. The maximum Gasteiger partial charge on any atom is 0.410 e. The minimum absolute atomic E-state index is 0.00825. The lowest BCUT2D eigenvalue weighted by Gasteiger charge is -2.30. The van der Waals surface area contributed by atoms with Gasteiger partial charge in [-0.15, -0.1) is 0 Å². The smallest absolute Gasteiger partial charge is 0.410 e. The van der Waals surface area contributed by atoms with Gasteiger partial charge in [0, 0.05) is 30.3 Å². The highest BCUT2D eigenvalue weighted by atomic mass is 19.1. The van der Waals surface area contributed by atoms with Gasteiger partial charge in [-0.3, -0.25) is 0 Å². The number of aromatic nitrogens is 5. The van der Waals surface area contributed by atoms with Gasteiger partial charge >= 0.3 is 6.09 Å². The number of ether oxygens (including phenoxy) is 1. The van der Waals surface area contributed by atoms with Crippen molar-refractivity contribution < 1.29 is 18.3 Å². The molecule has 9 nitrogen and oxygen atoms in total. The Morgan fingerprint density at radius 2 is 1.85 bits per heavy atom. The van der Waals surface area contributed by atoms with Crippen LogP contribution < -0.4 is 5.32 Å². The summed E-state index contributed by atoms with van der Waals surface area (Å²) >= 11 is 0. The van der Waals surface area contributed by atoms with Crippen LogP contribution in [0.15, 0.2) is 30.5 Å². The van der Waals surface area contributed by atoms with Gasteiger partial charge in [-0.05, 0) is 64.3 Å². The fraction of sp³-hybridized carbons (Fsp3) is 0.433. The van der Waals surface area contributed by atoms with Crippen molar-refractivity contribution in [1.29, 1.82) is 0 Å². The lowest BCUT2D eigenvalue weighted by atomic mass is 10.1. The first kappa shape index (κ1) is 27.0. The number of fused-ring (bicyclic) bond motifs is 2. The van der Waals surface area contributed by atoms with Crippen molar-refractivity contribution in [3.05, 3.63) is 59.2 Å². The molecule has 1 saturated carbocycles. The van der Waals surface area contributed by atoms with Gasteiger partial charge < -0.3 is 19.5 Å². The van der Waals surface area contributed by atoms with Gasteiger partial charge in [0.1, 0.15) is 28.5 Å². The van der Waals surface area contributed by atoms with Gasteiger partial charge in [0.15, 0.2) is 11.6 Å². The van der Waals surface area contributed by atoms with E-state index in [-0.39, 0.29) is 29.3 Å². The molecular weight excluding hydrogens is 528 g/mol. The van der Waals surface area contributed by atoms with Crippen molar-refractivity contribution >= 4 is 28.9 Å². The van der Waals surface area contributed by atoms with E-state index >= 15 is 8.78 Å². The van der Waals surface area contributed by atoms with E-state index in [1.807, 2.05) is 33.8 Å². The predicted octanol–water partition coefficient (Wildman–Crippen LogP) is 6.63. The second-order valence-corrected chi connectivity index (χ2v) is 11.8. The van der Waals surface area contributed by atoms with Crippen LogP contribution in [-0.4, -0.2) is 47.6 Å². The van der Waals surface area contributed by atoms with Crippen molar-refractivity contribution in [3.63, 3.8) is 0 Å². The zero-order valence-corrected chi connectivity index (χ0v) is 23.7. The average Bonchev–Trinajstić information content (AvgIpc) is 3.56. The first-order valence-electron chi connectivity index (χ1n) is 14.0. The number of benzene rings is 1. The summed E-state index contributed by atoms with van der Waals surface area (Å²) in [6.45, 7) is 8.29. The van der Waals surface area contributed by atoms with Crippen LogP contribution >= 0.6 is 0 Å². The average molecular weight is 562 g/mol. The molecule has 0 saturated heterocycles. The summed E-state index contributed by atoms with van der Waals surface area (Å²) in [7, 11) is 0. The minimum Gasteiger partial charge on any atom is -0.444 e. The van der Waals surface area contributed by atoms with E-state index < -0.39 is 17.2 Å². The van der Waals surface area contributed by atoms with Gasteiger partial charge in [-0.1, -0.05) is 18.9 Å². The van der Waals surface area contributed by atoms with E-state index in [1.165, 1.54) is 6.07 Å². The molecule has 4 aromatic rings. The Morgan fingerprint density at radius 1 is 1.07 bits per heavy atom. The molecule has 0 unspecified atom stereocenters. The van der Waals surface area contributed by atoms with E-state index in [0.717, 1.165) is 49.0 Å². The third kappa shape index (κ3) is 5.45. The Morgan fingerprint density at radius 3 is 2.61 bits per heavy atom. The number of rotatable bonds is 4. The van der Waals surface area contributed by atoms with Crippen LogP contribution in [-0.2, 0) is 17.7 Å². The molecule has 0 radical (unpaired) electrons. The summed E-state index contributed by atoms with van der Waals surface area (Å²) in [4.78, 5) is 31.8. The van der Waals surface area contributed by atoms with Crippen molar-refractivity contribution in [2.75, 3.05) is 11.9 Å². The lowest BCUT2D eigenvalue weighted by molar-refractivity contribution is 0.0223. The topological polar surface area (TPSA) is 98.1 Å². The number of hydrogen-bond acceptors (Lipinski definition) is 7. The first-order chi connectivity index (χ1) is 19.6. The van der Waals surface area contributed by atoms with Crippen LogP contribution in [0.25, 0.3) is 22.3 Å². The Labute approximate surface area is 237 Å².